The molecule has 4 aromatic heterocycles. The fourth-order valence-electron chi connectivity index (χ4n) is 3.12. The van der Waals surface area contributed by atoms with E-state index in [-0.39, 0.29) is 0 Å². The monoisotopic (exact) mass is 362 g/mol. The molecule has 0 aliphatic carbocycles. The lowest BCUT2D eigenvalue weighted by molar-refractivity contribution is 0.399. The van der Waals surface area contributed by atoms with Crippen LogP contribution in [0.4, 0.5) is 0 Å². The van der Waals surface area contributed by atoms with Gasteiger partial charge in [-0.1, -0.05) is 17.3 Å². The smallest absolute Gasteiger partial charge is 0.207 e. The Morgan fingerprint density at radius 3 is 2.74 bits per heavy atom. The molecule has 0 N–H and O–H groups in total. The largest absolute Gasteiger partial charge is 0.496 e. The van der Waals surface area contributed by atoms with E-state index in [2.05, 4.69) is 25.4 Å². The second kappa shape index (κ2) is 5.59. The minimum absolute atomic E-state index is 0.481. The van der Waals surface area contributed by atoms with Crippen molar-refractivity contribution in [1.82, 2.24) is 39.7 Å². The van der Waals surface area contributed by atoms with Gasteiger partial charge in [-0.25, -0.2) is 9.67 Å². The second-order valence-corrected chi connectivity index (χ2v) is 6.02. The Kier molecular flexibility index (Phi) is 3.20. The van der Waals surface area contributed by atoms with Gasteiger partial charge in [0.1, 0.15) is 23.5 Å². The molecule has 5 aromatic rings. The van der Waals surface area contributed by atoms with Crippen molar-refractivity contribution >= 4 is 16.4 Å². The summed E-state index contributed by atoms with van der Waals surface area (Å²) in [6.07, 6.45) is 1.48. The Labute approximate surface area is 152 Å². The van der Waals surface area contributed by atoms with Crippen molar-refractivity contribution in [2.24, 2.45) is 7.05 Å². The van der Waals surface area contributed by atoms with Gasteiger partial charge in [0.05, 0.1) is 12.5 Å². The van der Waals surface area contributed by atoms with Crippen molar-refractivity contribution in [2.45, 2.75) is 6.92 Å². The van der Waals surface area contributed by atoms with Gasteiger partial charge in [-0.3, -0.25) is 0 Å². The molecule has 10 heteroatoms. The number of nitrogens with zero attached hydrogens (tertiary/aromatic N) is 8. The average molecular weight is 362 g/mol. The third-order valence-electron chi connectivity index (χ3n) is 4.34. The first-order valence-electron chi connectivity index (χ1n) is 8.17. The van der Waals surface area contributed by atoms with Gasteiger partial charge in [0.25, 0.3) is 0 Å². The van der Waals surface area contributed by atoms with Gasteiger partial charge in [-0.05, 0) is 13.0 Å². The fourth-order valence-corrected chi connectivity index (χ4v) is 3.12. The number of fused-ring (bicyclic) bond motifs is 3. The zero-order valence-electron chi connectivity index (χ0n) is 14.8. The summed E-state index contributed by atoms with van der Waals surface area (Å²) in [6.45, 7) is 1.82. The fraction of sp³-hybridized carbons (Fsp3) is 0.176. The predicted molar refractivity (Wildman–Crippen MR) is 95.1 cm³/mol. The van der Waals surface area contributed by atoms with Crippen LogP contribution in [-0.4, -0.2) is 46.8 Å². The van der Waals surface area contributed by atoms with E-state index in [9.17, 15) is 0 Å². The normalized spacial score (nSPS) is 11.5. The Balaban J connectivity index is 1.94. The summed E-state index contributed by atoms with van der Waals surface area (Å²) >= 11 is 0. The van der Waals surface area contributed by atoms with Crippen LogP contribution in [-0.2, 0) is 7.05 Å². The maximum Gasteiger partial charge on any atom is 0.207 e. The summed E-state index contributed by atoms with van der Waals surface area (Å²) in [5, 5.41) is 23.2. The minimum atomic E-state index is 0.481. The van der Waals surface area contributed by atoms with Crippen LogP contribution in [0.5, 0.6) is 5.75 Å². The molecule has 4 heterocycles. The van der Waals surface area contributed by atoms with Crippen LogP contribution in [0.15, 0.2) is 35.1 Å². The van der Waals surface area contributed by atoms with Crippen molar-refractivity contribution in [2.75, 3.05) is 7.11 Å². The van der Waals surface area contributed by atoms with Crippen LogP contribution in [0.1, 0.15) is 5.76 Å². The molecule has 0 radical (unpaired) electrons. The molecule has 0 bridgehead atoms. The first-order chi connectivity index (χ1) is 13.2. The first-order valence-corrected chi connectivity index (χ1v) is 8.17. The van der Waals surface area contributed by atoms with Crippen molar-refractivity contribution in [3.8, 4) is 28.8 Å². The average Bonchev–Trinajstić information content (AvgIpc) is 3.39. The molecule has 0 unspecified atom stereocenters. The van der Waals surface area contributed by atoms with Crippen molar-refractivity contribution in [3.63, 3.8) is 0 Å². The van der Waals surface area contributed by atoms with Crippen molar-refractivity contribution in [1.29, 1.82) is 0 Å². The van der Waals surface area contributed by atoms with Gasteiger partial charge in [0, 0.05) is 18.5 Å². The Hall–Kier alpha value is -3.82. The predicted octanol–water partition coefficient (Wildman–Crippen LogP) is 2.05. The lowest BCUT2D eigenvalue weighted by atomic mass is 10.1. The molecule has 0 spiro atoms. The molecular weight excluding hydrogens is 348 g/mol. The summed E-state index contributed by atoms with van der Waals surface area (Å²) in [7, 11) is 3.43. The molecule has 27 heavy (non-hydrogen) atoms. The van der Waals surface area contributed by atoms with E-state index < -0.39 is 0 Å². The van der Waals surface area contributed by atoms with Crippen LogP contribution in [0.3, 0.4) is 0 Å². The number of benzene rings is 1. The third kappa shape index (κ3) is 2.19. The molecule has 0 saturated carbocycles. The Morgan fingerprint density at radius 1 is 1.15 bits per heavy atom. The number of hydrogen-bond donors (Lipinski definition) is 0. The van der Waals surface area contributed by atoms with E-state index in [1.165, 1.54) is 6.33 Å². The van der Waals surface area contributed by atoms with Crippen LogP contribution in [0.2, 0.25) is 0 Å². The van der Waals surface area contributed by atoms with Crippen molar-refractivity contribution in [3.05, 3.63) is 36.4 Å². The number of rotatable bonds is 3. The van der Waals surface area contributed by atoms with Crippen LogP contribution < -0.4 is 4.74 Å². The van der Waals surface area contributed by atoms with Gasteiger partial charge in [-0.2, -0.15) is 14.7 Å². The molecule has 0 atom stereocenters. The molecule has 10 nitrogen and oxygen atoms in total. The first kappa shape index (κ1) is 15.4. The summed E-state index contributed by atoms with van der Waals surface area (Å²) in [6, 6.07) is 7.51. The van der Waals surface area contributed by atoms with Crippen LogP contribution in [0, 0.1) is 6.92 Å². The molecule has 0 fully saturated rings. The van der Waals surface area contributed by atoms with Gasteiger partial charge in [-0.15, -0.1) is 10.2 Å². The highest BCUT2D eigenvalue weighted by atomic mass is 16.5. The molecule has 0 saturated heterocycles. The molecule has 5 rings (SSSR count). The number of aromatic nitrogens is 8. The van der Waals surface area contributed by atoms with Crippen molar-refractivity contribution < 1.29 is 9.26 Å². The molecule has 0 aliphatic heterocycles. The summed E-state index contributed by atoms with van der Waals surface area (Å²) < 4.78 is 14.0. The van der Waals surface area contributed by atoms with E-state index in [0.717, 1.165) is 10.8 Å². The summed E-state index contributed by atoms with van der Waals surface area (Å²) in [5.41, 5.74) is 1.75. The number of ether oxygens (including phenoxy) is 1. The number of aryl methyl sites for hydroxylation is 2. The lowest BCUT2D eigenvalue weighted by Crippen LogP contribution is -2.04. The van der Waals surface area contributed by atoms with Gasteiger partial charge in [0.15, 0.2) is 17.2 Å². The molecule has 134 valence electrons. The van der Waals surface area contributed by atoms with Crippen LogP contribution >= 0.6 is 0 Å². The highest BCUT2D eigenvalue weighted by molar-refractivity contribution is 6.04. The molecule has 0 aliphatic rings. The summed E-state index contributed by atoms with van der Waals surface area (Å²) in [5.74, 6) is 2.43. The lowest BCUT2D eigenvalue weighted by Gasteiger charge is -2.10. The standard InChI is InChI=1S/C17H14N8O2/c1-9-7-11(23-27-9)16-21-20-15-10-5-4-6-12(26-3)13(10)14(22-25(15)16)17-18-8-19-24(17)2/h4-8H,1-3H3. The third-order valence-corrected chi connectivity index (χ3v) is 4.34. The van der Waals surface area contributed by atoms with E-state index in [1.54, 1.807) is 22.4 Å². The summed E-state index contributed by atoms with van der Waals surface area (Å²) in [4.78, 5) is 4.35. The SMILES string of the molecule is COc1cccc2c1c(-c1ncnn1C)nn1c(-c3cc(C)on3)nnc21. The van der Waals surface area contributed by atoms with E-state index >= 15 is 0 Å². The van der Waals surface area contributed by atoms with E-state index in [0.29, 0.717) is 40.2 Å². The van der Waals surface area contributed by atoms with Gasteiger partial charge < -0.3 is 9.26 Å². The van der Waals surface area contributed by atoms with Gasteiger partial charge in [0.2, 0.25) is 5.82 Å². The zero-order chi connectivity index (χ0) is 18.5. The second-order valence-electron chi connectivity index (χ2n) is 6.02. The molecular formula is C17H14N8O2. The topological polar surface area (TPSA) is 109 Å². The quantitative estimate of drug-likeness (QED) is 0.480. The number of hydrogen-bond acceptors (Lipinski definition) is 8. The minimum Gasteiger partial charge on any atom is -0.496 e. The van der Waals surface area contributed by atoms with E-state index in [4.69, 9.17) is 14.4 Å². The molecule has 1 aromatic carbocycles. The number of methoxy groups -OCH3 is 1. The zero-order valence-corrected chi connectivity index (χ0v) is 14.8. The highest BCUT2D eigenvalue weighted by Gasteiger charge is 2.22. The Bertz CT molecular complexity index is 1300. The van der Waals surface area contributed by atoms with E-state index in [1.807, 2.05) is 32.2 Å². The Morgan fingerprint density at radius 2 is 2.04 bits per heavy atom. The highest BCUT2D eigenvalue weighted by Crippen LogP contribution is 2.35. The van der Waals surface area contributed by atoms with Crippen LogP contribution in [0.25, 0.3) is 39.5 Å². The molecule has 0 amide bonds. The van der Waals surface area contributed by atoms with Gasteiger partial charge >= 0.3 is 0 Å². The maximum absolute atomic E-state index is 5.57. The maximum atomic E-state index is 5.57.